The predicted molar refractivity (Wildman–Crippen MR) is 49.4 cm³/mol. The fourth-order valence-electron chi connectivity index (χ4n) is 1.16. The summed E-state index contributed by atoms with van der Waals surface area (Å²) >= 11 is 0. The van der Waals surface area contributed by atoms with Crippen LogP contribution < -0.4 is 11.5 Å². The summed E-state index contributed by atoms with van der Waals surface area (Å²) in [5, 5.41) is 8.64. The van der Waals surface area contributed by atoms with E-state index in [0.29, 0.717) is 17.7 Å². The van der Waals surface area contributed by atoms with Crippen LogP contribution in [0.5, 0.6) is 0 Å². The van der Waals surface area contributed by atoms with Gasteiger partial charge in [-0.1, -0.05) is 0 Å². The van der Waals surface area contributed by atoms with Crippen LogP contribution in [0.4, 0.5) is 10.1 Å². The molecule has 4 heteroatoms. The molecular weight excluding hydrogens is 171 g/mol. The molecule has 0 heterocycles. The van der Waals surface area contributed by atoms with Crippen molar-refractivity contribution in [1.29, 1.82) is 0 Å². The molecule has 0 unspecified atom stereocenters. The van der Waals surface area contributed by atoms with E-state index in [4.69, 9.17) is 16.6 Å². The number of hydrogen-bond acceptors (Lipinski definition) is 3. The van der Waals surface area contributed by atoms with Gasteiger partial charge in [0.05, 0.1) is 0 Å². The van der Waals surface area contributed by atoms with E-state index in [1.165, 1.54) is 18.2 Å². The molecule has 0 spiro atoms. The van der Waals surface area contributed by atoms with Gasteiger partial charge in [0.1, 0.15) is 5.82 Å². The number of halogens is 1. The Morgan fingerprint density at radius 3 is 2.77 bits per heavy atom. The molecule has 0 saturated carbocycles. The zero-order valence-corrected chi connectivity index (χ0v) is 7.20. The second kappa shape index (κ2) is 4.20. The first kappa shape index (κ1) is 9.95. The molecule has 0 radical (unpaired) electrons. The maximum Gasteiger partial charge on any atom is 0.123 e. The summed E-state index contributed by atoms with van der Waals surface area (Å²) in [6.07, 6.45) is 0.383. The third-order valence-electron chi connectivity index (χ3n) is 1.89. The van der Waals surface area contributed by atoms with Gasteiger partial charge in [0.2, 0.25) is 0 Å². The quantitative estimate of drug-likeness (QED) is 0.608. The van der Waals surface area contributed by atoms with Crippen molar-refractivity contribution in [3.8, 4) is 0 Å². The van der Waals surface area contributed by atoms with Gasteiger partial charge < -0.3 is 16.6 Å². The number of benzene rings is 1. The molecule has 1 atom stereocenters. The van der Waals surface area contributed by atoms with E-state index < -0.39 is 6.04 Å². The average Bonchev–Trinajstić information content (AvgIpc) is 2.09. The van der Waals surface area contributed by atoms with Gasteiger partial charge in [0.15, 0.2) is 0 Å². The molecular formula is C9H13FN2O. The lowest BCUT2D eigenvalue weighted by atomic mass is 10.0. The Labute approximate surface area is 76.2 Å². The third-order valence-corrected chi connectivity index (χ3v) is 1.89. The molecule has 0 aliphatic carbocycles. The Morgan fingerprint density at radius 1 is 1.46 bits per heavy atom. The number of aliphatic hydroxyl groups excluding tert-OH is 1. The number of aliphatic hydroxyl groups is 1. The zero-order chi connectivity index (χ0) is 9.84. The largest absolute Gasteiger partial charge is 0.398 e. The highest BCUT2D eigenvalue weighted by atomic mass is 19.1. The summed E-state index contributed by atoms with van der Waals surface area (Å²) in [4.78, 5) is 0. The maximum atomic E-state index is 12.8. The van der Waals surface area contributed by atoms with Gasteiger partial charge in [-0.2, -0.15) is 0 Å². The van der Waals surface area contributed by atoms with E-state index >= 15 is 0 Å². The summed E-state index contributed by atoms with van der Waals surface area (Å²) in [7, 11) is 0. The van der Waals surface area contributed by atoms with Crippen molar-refractivity contribution in [3.63, 3.8) is 0 Å². The van der Waals surface area contributed by atoms with Gasteiger partial charge in [-0.15, -0.1) is 0 Å². The van der Waals surface area contributed by atoms with Crippen LogP contribution in [0.15, 0.2) is 18.2 Å². The molecule has 72 valence electrons. The molecule has 1 rings (SSSR count). The van der Waals surface area contributed by atoms with Crippen LogP contribution in [0.25, 0.3) is 0 Å². The molecule has 0 bridgehead atoms. The Morgan fingerprint density at radius 2 is 2.15 bits per heavy atom. The molecule has 0 amide bonds. The lowest BCUT2D eigenvalue weighted by Crippen LogP contribution is -2.14. The van der Waals surface area contributed by atoms with E-state index in [1.54, 1.807) is 0 Å². The average molecular weight is 184 g/mol. The van der Waals surface area contributed by atoms with E-state index in [1.807, 2.05) is 0 Å². The van der Waals surface area contributed by atoms with Gasteiger partial charge in [-0.05, 0) is 30.2 Å². The van der Waals surface area contributed by atoms with E-state index in [-0.39, 0.29) is 12.4 Å². The van der Waals surface area contributed by atoms with Gasteiger partial charge in [0.25, 0.3) is 0 Å². The normalized spacial score (nSPS) is 12.8. The van der Waals surface area contributed by atoms with Gasteiger partial charge >= 0.3 is 0 Å². The molecule has 0 aliphatic heterocycles. The molecule has 13 heavy (non-hydrogen) atoms. The van der Waals surface area contributed by atoms with E-state index in [0.717, 1.165) is 0 Å². The van der Waals surface area contributed by atoms with Crippen molar-refractivity contribution >= 4 is 5.69 Å². The summed E-state index contributed by atoms with van der Waals surface area (Å²) in [6, 6.07) is 3.66. The second-order valence-corrected chi connectivity index (χ2v) is 2.89. The maximum absolute atomic E-state index is 12.8. The first-order valence-electron chi connectivity index (χ1n) is 4.06. The highest BCUT2D eigenvalue weighted by molar-refractivity contribution is 5.48. The Kier molecular flexibility index (Phi) is 3.22. The highest BCUT2D eigenvalue weighted by Gasteiger charge is 2.09. The molecule has 0 aliphatic rings. The van der Waals surface area contributed by atoms with Crippen molar-refractivity contribution in [2.75, 3.05) is 12.3 Å². The molecule has 1 aromatic carbocycles. The Hall–Kier alpha value is -1.13. The SMILES string of the molecule is Nc1ccc(F)cc1[C@H](N)CCO. The first-order valence-corrected chi connectivity index (χ1v) is 4.06. The number of nitrogen functional groups attached to an aromatic ring is 1. The van der Waals surface area contributed by atoms with Gasteiger partial charge in [-0.3, -0.25) is 0 Å². The van der Waals surface area contributed by atoms with Crippen molar-refractivity contribution in [1.82, 2.24) is 0 Å². The van der Waals surface area contributed by atoms with Crippen LogP contribution in [-0.4, -0.2) is 11.7 Å². The van der Waals surface area contributed by atoms with Crippen LogP contribution in [0, 0.1) is 5.82 Å². The van der Waals surface area contributed by atoms with Gasteiger partial charge in [0, 0.05) is 18.3 Å². The molecule has 1 aromatic rings. The number of hydrogen-bond donors (Lipinski definition) is 3. The van der Waals surface area contributed by atoms with Crippen molar-refractivity contribution in [2.24, 2.45) is 5.73 Å². The lowest BCUT2D eigenvalue weighted by Gasteiger charge is -2.12. The number of rotatable bonds is 3. The molecule has 3 nitrogen and oxygen atoms in total. The van der Waals surface area contributed by atoms with Crippen molar-refractivity contribution < 1.29 is 9.50 Å². The summed E-state index contributed by atoms with van der Waals surface area (Å²) in [5.41, 5.74) is 12.3. The highest BCUT2D eigenvalue weighted by Crippen LogP contribution is 2.21. The lowest BCUT2D eigenvalue weighted by molar-refractivity contribution is 0.276. The fraction of sp³-hybridized carbons (Fsp3) is 0.333. The minimum Gasteiger partial charge on any atom is -0.398 e. The van der Waals surface area contributed by atoms with E-state index in [9.17, 15) is 4.39 Å². The van der Waals surface area contributed by atoms with Crippen molar-refractivity contribution in [2.45, 2.75) is 12.5 Å². The van der Waals surface area contributed by atoms with Crippen LogP contribution >= 0.6 is 0 Å². The van der Waals surface area contributed by atoms with Crippen LogP contribution in [0.2, 0.25) is 0 Å². The standard InChI is InChI=1S/C9H13FN2O/c10-6-1-2-8(11)7(5-6)9(12)3-4-13/h1-2,5,9,13H,3-4,11-12H2/t9-/m1/s1. The van der Waals surface area contributed by atoms with Crippen LogP contribution in [0.1, 0.15) is 18.0 Å². The molecule has 5 N–H and O–H groups in total. The minimum absolute atomic E-state index is 0.0306. The summed E-state index contributed by atoms with van der Waals surface area (Å²) in [6.45, 7) is -0.0306. The third kappa shape index (κ3) is 2.40. The summed E-state index contributed by atoms with van der Waals surface area (Å²) in [5.74, 6) is -0.363. The van der Waals surface area contributed by atoms with E-state index in [2.05, 4.69) is 0 Å². The fourth-order valence-corrected chi connectivity index (χ4v) is 1.16. The smallest absolute Gasteiger partial charge is 0.123 e. The van der Waals surface area contributed by atoms with Crippen LogP contribution in [0.3, 0.4) is 0 Å². The topological polar surface area (TPSA) is 72.3 Å². The van der Waals surface area contributed by atoms with Gasteiger partial charge in [-0.25, -0.2) is 4.39 Å². The molecule has 0 saturated heterocycles. The minimum atomic E-state index is -0.402. The number of anilines is 1. The van der Waals surface area contributed by atoms with Crippen molar-refractivity contribution in [3.05, 3.63) is 29.6 Å². The first-order chi connectivity index (χ1) is 6.15. The second-order valence-electron chi connectivity index (χ2n) is 2.89. The zero-order valence-electron chi connectivity index (χ0n) is 7.20. The van der Waals surface area contributed by atoms with Crippen LogP contribution in [-0.2, 0) is 0 Å². The molecule has 0 aromatic heterocycles. The summed E-state index contributed by atoms with van der Waals surface area (Å²) < 4.78 is 12.8. The Balaban J connectivity index is 2.91. The molecule has 0 fully saturated rings. The monoisotopic (exact) mass is 184 g/mol. The number of nitrogens with two attached hydrogens (primary N) is 2. The predicted octanol–water partition coefficient (Wildman–Crippen LogP) is 0.790. The Bertz CT molecular complexity index is 291.